The number of hydrogen-bond donors (Lipinski definition) is 2. The van der Waals surface area contributed by atoms with Gasteiger partial charge in [0.15, 0.2) is 0 Å². The molecule has 0 aromatic heterocycles. The molecule has 0 radical (unpaired) electrons. The second-order valence-electron chi connectivity index (χ2n) is 2.63. The number of hydrogen-bond acceptors (Lipinski definition) is 4. The van der Waals surface area contributed by atoms with Crippen LogP contribution in [0.15, 0.2) is 17.3 Å². The maximum absolute atomic E-state index is 11.1. The molecule has 6 nitrogen and oxygen atoms in total. The Bertz CT molecular complexity index is 319. The Morgan fingerprint density at radius 3 is 2.62 bits per heavy atom. The molecule has 0 fully saturated rings. The van der Waals surface area contributed by atoms with E-state index in [0.29, 0.717) is 4.90 Å². The van der Waals surface area contributed by atoms with Crippen molar-refractivity contribution in [3.8, 4) is 0 Å². The molecule has 70 valence electrons. The van der Waals surface area contributed by atoms with Gasteiger partial charge in [-0.05, 0) is 6.92 Å². The Labute approximate surface area is 74.3 Å². The summed E-state index contributed by atoms with van der Waals surface area (Å²) in [6, 6.07) is -0.612. The molecule has 6 heteroatoms. The number of nitrogens with two attached hydrogens (primary N) is 1. The van der Waals surface area contributed by atoms with Gasteiger partial charge in [0.1, 0.15) is 11.5 Å². The minimum Gasteiger partial charge on any atom is -0.464 e. The Morgan fingerprint density at radius 2 is 2.31 bits per heavy atom. The Morgan fingerprint density at radius 1 is 1.77 bits per heavy atom. The maximum atomic E-state index is 11.1. The highest BCUT2D eigenvalue weighted by Gasteiger charge is 2.35. The Kier molecular flexibility index (Phi) is 2.16. The second kappa shape index (κ2) is 2.98. The monoisotopic (exact) mass is 183 g/mol. The van der Waals surface area contributed by atoms with Gasteiger partial charge in [-0.1, -0.05) is 6.58 Å². The normalized spacial score (nSPS) is 18.9. The predicted molar refractivity (Wildman–Crippen MR) is 45.1 cm³/mol. The standard InChI is InChI=1S/C7H9N3O3/c1-3(8)5-9-4(2)6(11)10(5)7(12)13/h3H,2,8H2,1H3,(H,12,13)/t3-/m0/s1. The summed E-state index contributed by atoms with van der Waals surface area (Å²) in [6.07, 6.45) is -1.39. The summed E-state index contributed by atoms with van der Waals surface area (Å²) in [5.41, 5.74) is 5.32. The third-order valence-corrected chi connectivity index (χ3v) is 1.53. The lowest BCUT2D eigenvalue weighted by Crippen LogP contribution is -2.44. The molecule has 3 N–H and O–H groups in total. The van der Waals surface area contributed by atoms with Gasteiger partial charge in [0.05, 0.1) is 6.04 Å². The van der Waals surface area contributed by atoms with Gasteiger partial charge in [0.2, 0.25) is 0 Å². The van der Waals surface area contributed by atoms with Crippen LogP contribution in [-0.4, -0.2) is 33.9 Å². The first-order chi connectivity index (χ1) is 5.95. The number of carbonyl (C=O) groups is 2. The first-order valence-electron chi connectivity index (χ1n) is 3.55. The molecular formula is C7H9N3O3. The van der Waals surface area contributed by atoms with Crippen molar-refractivity contribution >= 4 is 17.8 Å². The van der Waals surface area contributed by atoms with Crippen molar-refractivity contribution in [2.75, 3.05) is 0 Å². The lowest BCUT2D eigenvalue weighted by atomic mass is 10.3. The van der Waals surface area contributed by atoms with Crippen molar-refractivity contribution in [2.45, 2.75) is 13.0 Å². The number of rotatable bonds is 1. The van der Waals surface area contributed by atoms with Gasteiger partial charge in [0.25, 0.3) is 5.91 Å². The number of amidine groups is 1. The first kappa shape index (κ1) is 9.40. The first-order valence-corrected chi connectivity index (χ1v) is 3.55. The summed E-state index contributed by atoms with van der Waals surface area (Å²) in [7, 11) is 0. The highest BCUT2D eigenvalue weighted by Crippen LogP contribution is 2.14. The molecule has 0 saturated heterocycles. The number of carboxylic acid groups (broad SMARTS) is 1. The summed E-state index contributed by atoms with van der Waals surface area (Å²) in [5.74, 6) is -0.720. The smallest absolute Gasteiger partial charge is 0.420 e. The van der Waals surface area contributed by atoms with Crippen LogP contribution in [0.1, 0.15) is 6.92 Å². The van der Waals surface area contributed by atoms with Crippen molar-refractivity contribution in [1.29, 1.82) is 0 Å². The number of carbonyl (C=O) groups excluding carboxylic acids is 1. The average molecular weight is 183 g/mol. The molecule has 1 aliphatic heterocycles. The van der Waals surface area contributed by atoms with E-state index in [1.54, 1.807) is 6.92 Å². The molecule has 0 unspecified atom stereocenters. The highest BCUT2D eigenvalue weighted by atomic mass is 16.4. The number of nitrogens with zero attached hydrogens (tertiary/aromatic N) is 2. The molecule has 1 heterocycles. The molecule has 0 aromatic rings. The van der Waals surface area contributed by atoms with Crippen LogP contribution in [0.3, 0.4) is 0 Å². The van der Waals surface area contributed by atoms with Crippen LogP contribution < -0.4 is 5.73 Å². The molecule has 1 atom stereocenters. The Hall–Kier alpha value is -1.69. The molecule has 2 amide bonds. The minimum atomic E-state index is -1.39. The van der Waals surface area contributed by atoms with Crippen LogP contribution in [0.25, 0.3) is 0 Å². The number of amides is 2. The van der Waals surface area contributed by atoms with E-state index in [2.05, 4.69) is 11.6 Å². The molecule has 1 rings (SSSR count). The van der Waals surface area contributed by atoms with Crippen LogP contribution in [0.4, 0.5) is 4.79 Å². The van der Waals surface area contributed by atoms with Gasteiger partial charge in [-0.25, -0.2) is 9.79 Å². The quantitative estimate of drug-likeness (QED) is 0.548. The van der Waals surface area contributed by atoms with E-state index in [1.807, 2.05) is 0 Å². The topological polar surface area (TPSA) is 96.0 Å². The van der Waals surface area contributed by atoms with E-state index in [9.17, 15) is 9.59 Å². The lowest BCUT2D eigenvalue weighted by molar-refractivity contribution is -0.121. The van der Waals surface area contributed by atoms with Gasteiger partial charge in [-0.3, -0.25) is 4.79 Å². The summed E-state index contributed by atoms with van der Waals surface area (Å²) in [4.78, 5) is 25.9. The lowest BCUT2D eigenvalue weighted by Gasteiger charge is -2.13. The largest absolute Gasteiger partial charge is 0.464 e. The summed E-state index contributed by atoms with van der Waals surface area (Å²) >= 11 is 0. The van der Waals surface area contributed by atoms with E-state index < -0.39 is 18.0 Å². The zero-order valence-electron chi connectivity index (χ0n) is 7.02. The molecule has 0 saturated carbocycles. The van der Waals surface area contributed by atoms with Crippen molar-refractivity contribution in [2.24, 2.45) is 10.7 Å². The zero-order valence-corrected chi connectivity index (χ0v) is 7.02. The Balaban J connectivity index is 3.07. The predicted octanol–water partition coefficient (Wildman–Crippen LogP) is -0.234. The SMILES string of the molecule is C=C1N=C([C@H](C)N)N(C(=O)O)C1=O. The molecule has 13 heavy (non-hydrogen) atoms. The fourth-order valence-corrected chi connectivity index (χ4v) is 0.960. The van der Waals surface area contributed by atoms with Gasteiger partial charge in [-0.15, -0.1) is 0 Å². The van der Waals surface area contributed by atoms with Crippen molar-refractivity contribution < 1.29 is 14.7 Å². The van der Waals surface area contributed by atoms with Gasteiger partial charge >= 0.3 is 6.09 Å². The van der Waals surface area contributed by atoms with Gasteiger partial charge in [0, 0.05) is 0 Å². The number of aliphatic imine (C=N–C) groups is 1. The van der Waals surface area contributed by atoms with E-state index in [-0.39, 0.29) is 11.5 Å². The number of imide groups is 1. The second-order valence-corrected chi connectivity index (χ2v) is 2.63. The molecule has 0 bridgehead atoms. The molecule has 0 spiro atoms. The van der Waals surface area contributed by atoms with E-state index in [0.717, 1.165) is 0 Å². The van der Waals surface area contributed by atoms with Crippen LogP contribution >= 0.6 is 0 Å². The van der Waals surface area contributed by atoms with Crippen molar-refractivity contribution in [3.63, 3.8) is 0 Å². The summed E-state index contributed by atoms with van der Waals surface area (Å²) in [5, 5.41) is 8.65. The van der Waals surface area contributed by atoms with Gasteiger partial charge in [-0.2, -0.15) is 4.90 Å². The van der Waals surface area contributed by atoms with Crippen LogP contribution in [0, 0.1) is 0 Å². The van der Waals surface area contributed by atoms with Crippen molar-refractivity contribution in [1.82, 2.24) is 4.90 Å². The van der Waals surface area contributed by atoms with Gasteiger partial charge < -0.3 is 10.8 Å². The molecule has 0 aromatic carbocycles. The van der Waals surface area contributed by atoms with Crippen LogP contribution in [0.2, 0.25) is 0 Å². The summed E-state index contributed by atoms with van der Waals surface area (Å²) in [6.45, 7) is 4.85. The van der Waals surface area contributed by atoms with Crippen LogP contribution in [-0.2, 0) is 4.79 Å². The average Bonchev–Trinajstić information content (AvgIpc) is 2.28. The minimum absolute atomic E-state index is 0.0162. The fraction of sp³-hybridized carbons (Fsp3) is 0.286. The highest BCUT2D eigenvalue weighted by molar-refractivity contribution is 6.21. The van der Waals surface area contributed by atoms with Crippen molar-refractivity contribution in [3.05, 3.63) is 12.3 Å². The summed E-state index contributed by atoms with van der Waals surface area (Å²) < 4.78 is 0. The molecular weight excluding hydrogens is 174 g/mol. The maximum Gasteiger partial charge on any atom is 0.420 e. The van der Waals surface area contributed by atoms with E-state index >= 15 is 0 Å². The molecule has 0 aliphatic carbocycles. The third kappa shape index (κ3) is 1.43. The third-order valence-electron chi connectivity index (χ3n) is 1.53. The van der Waals surface area contributed by atoms with E-state index in [4.69, 9.17) is 10.8 Å². The fourth-order valence-electron chi connectivity index (χ4n) is 0.960. The van der Waals surface area contributed by atoms with Crippen LogP contribution in [0.5, 0.6) is 0 Å². The molecule has 1 aliphatic rings. The van der Waals surface area contributed by atoms with E-state index in [1.165, 1.54) is 0 Å². The zero-order chi connectivity index (χ0) is 10.2.